The molecule has 1 aliphatic carbocycles. The molecule has 0 atom stereocenters. The smallest absolute Gasteiger partial charge is 0.227 e. The van der Waals surface area contributed by atoms with Gasteiger partial charge in [-0.05, 0) is 49.2 Å². The lowest BCUT2D eigenvalue weighted by molar-refractivity contribution is -0.120. The Morgan fingerprint density at radius 1 is 1.07 bits per heavy atom. The first-order valence-electron chi connectivity index (χ1n) is 10.2. The third-order valence-corrected chi connectivity index (χ3v) is 5.89. The van der Waals surface area contributed by atoms with Gasteiger partial charge in [0.2, 0.25) is 5.91 Å². The summed E-state index contributed by atoms with van der Waals surface area (Å²) < 4.78 is 5.31. The molecule has 3 N–H and O–H groups in total. The number of methoxy groups -OCH3 is 1. The maximum absolute atomic E-state index is 12.6. The molecular weight excluding hydrogens is 364 g/mol. The van der Waals surface area contributed by atoms with Gasteiger partial charge in [-0.3, -0.25) is 9.89 Å². The van der Waals surface area contributed by atoms with Gasteiger partial charge in [0.15, 0.2) is 0 Å². The molecular formula is C23H24N4O2. The van der Waals surface area contributed by atoms with Crippen LogP contribution in [-0.4, -0.2) is 28.2 Å². The third kappa shape index (κ3) is 3.35. The SMILES string of the molecule is COc1ccc2cc(-c3n[nH]c4ccc(NC(=O)C5CCCCC5)cc34)[nH]c2c1. The summed E-state index contributed by atoms with van der Waals surface area (Å²) in [5, 5.41) is 12.8. The monoisotopic (exact) mass is 388 g/mol. The lowest BCUT2D eigenvalue weighted by Crippen LogP contribution is -2.24. The summed E-state index contributed by atoms with van der Waals surface area (Å²) >= 11 is 0. The Balaban J connectivity index is 1.47. The average molecular weight is 388 g/mol. The molecule has 1 aliphatic rings. The van der Waals surface area contributed by atoms with Gasteiger partial charge < -0.3 is 15.0 Å². The van der Waals surface area contributed by atoms with Gasteiger partial charge in [0.05, 0.1) is 18.3 Å². The Hall–Kier alpha value is -3.28. The number of benzene rings is 2. The number of hydrogen-bond acceptors (Lipinski definition) is 3. The van der Waals surface area contributed by atoms with Crippen molar-refractivity contribution in [3.05, 3.63) is 42.5 Å². The van der Waals surface area contributed by atoms with E-state index in [1.54, 1.807) is 7.11 Å². The standard InChI is InChI=1S/C23H24N4O2/c1-29-17-9-7-15-11-21(25-20(15)13-17)22-18-12-16(8-10-19(18)26-27-22)24-23(28)14-5-3-2-4-6-14/h7-14,25H,2-6H2,1H3,(H,24,28)(H,26,27). The van der Waals surface area contributed by atoms with Crippen LogP contribution in [0.3, 0.4) is 0 Å². The van der Waals surface area contributed by atoms with Gasteiger partial charge in [-0.15, -0.1) is 0 Å². The molecule has 6 nitrogen and oxygen atoms in total. The van der Waals surface area contributed by atoms with E-state index < -0.39 is 0 Å². The van der Waals surface area contributed by atoms with Crippen LogP contribution in [-0.2, 0) is 4.79 Å². The van der Waals surface area contributed by atoms with Crippen molar-refractivity contribution in [2.24, 2.45) is 5.92 Å². The molecule has 0 saturated heterocycles. The fourth-order valence-corrected chi connectivity index (χ4v) is 4.27. The van der Waals surface area contributed by atoms with Crippen LogP contribution in [0.5, 0.6) is 5.75 Å². The van der Waals surface area contributed by atoms with Crippen LogP contribution in [0.1, 0.15) is 32.1 Å². The number of amides is 1. The van der Waals surface area contributed by atoms with Crippen molar-refractivity contribution in [1.82, 2.24) is 15.2 Å². The van der Waals surface area contributed by atoms with Crippen molar-refractivity contribution in [3.63, 3.8) is 0 Å². The van der Waals surface area contributed by atoms with Crippen LogP contribution in [0.4, 0.5) is 5.69 Å². The van der Waals surface area contributed by atoms with Gasteiger partial charge >= 0.3 is 0 Å². The second-order valence-corrected chi connectivity index (χ2v) is 7.79. The van der Waals surface area contributed by atoms with E-state index in [0.29, 0.717) is 0 Å². The second kappa shape index (κ2) is 7.28. The number of carbonyl (C=O) groups excluding carboxylic acids is 1. The Kier molecular flexibility index (Phi) is 4.46. The molecule has 2 aromatic carbocycles. The molecule has 0 bridgehead atoms. The highest BCUT2D eigenvalue weighted by Gasteiger charge is 2.21. The molecule has 0 aliphatic heterocycles. The van der Waals surface area contributed by atoms with E-state index in [0.717, 1.165) is 70.3 Å². The summed E-state index contributed by atoms with van der Waals surface area (Å²) in [6.07, 6.45) is 5.51. The van der Waals surface area contributed by atoms with Gasteiger partial charge in [0.1, 0.15) is 11.4 Å². The Morgan fingerprint density at radius 3 is 2.76 bits per heavy atom. The van der Waals surface area contributed by atoms with Crippen LogP contribution in [0.15, 0.2) is 42.5 Å². The fourth-order valence-electron chi connectivity index (χ4n) is 4.27. The zero-order chi connectivity index (χ0) is 19.8. The first-order valence-corrected chi connectivity index (χ1v) is 10.2. The number of carbonyl (C=O) groups is 1. The number of fused-ring (bicyclic) bond motifs is 2. The molecule has 0 unspecified atom stereocenters. The molecule has 2 heterocycles. The molecule has 1 fully saturated rings. The lowest BCUT2D eigenvalue weighted by atomic mass is 9.88. The highest BCUT2D eigenvalue weighted by molar-refractivity contribution is 6.00. The molecule has 0 spiro atoms. The zero-order valence-electron chi connectivity index (χ0n) is 16.4. The maximum Gasteiger partial charge on any atom is 0.227 e. The topological polar surface area (TPSA) is 82.8 Å². The van der Waals surface area contributed by atoms with Crippen LogP contribution >= 0.6 is 0 Å². The first-order chi connectivity index (χ1) is 14.2. The lowest BCUT2D eigenvalue weighted by Gasteiger charge is -2.20. The largest absolute Gasteiger partial charge is 0.497 e. The molecule has 29 heavy (non-hydrogen) atoms. The summed E-state index contributed by atoms with van der Waals surface area (Å²) in [5.74, 6) is 1.07. The minimum atomic E-state index is 0.131. The number of H-pyrrole nitrogens is 2. The maximum atomic E-state index is 12.6. The quantitative estimate of drug-likeness (QED) is 0.447. The van der Waals surface area contributed by atoms with E-state index in [1.807, 2.05) is 36.4 Å². The summed E-state index contributed by atoms with van der Waals surface area (Å²) in [6.45, 7) is 0. The highest BCUT2D eigenvalue weighted by Crippen LogP contribution is 2.32. The molecule has 1 saturated carbocycles. The summed E-state index contributed by atoms with van der Waals surface area (Å²) in [5.41, 5.74) is 4.51. The van der Waals surface area contributed by atoms with Crippen molar-refractivity contribution >= 4 is 33.4 Å². The van der Waals surface area contributed by atoms with Crippen LogP contribution in [0.2, 0.25) is 0 Å². The van der Waals surface area contributed by atoms with Crippen molar-refractivity contribution < 1.29 is 9.53 Å². The van der Waals surface area contributed by atoms with Gasteiger partial charge in [-0.1, -0.05) is 19.3 Å². The number of hydrogen-bond donors (Lipinski definition) is 3. The predicted molar refractivity (Wildman–Crippen MR) is 115 cm³/mol. The first kappa shape index (κ1) is 17.8. The minimum Gasteiger partial charge on any atom is -0.497 e. The van der Waals surface area contributed by atoms with Gasteiger partial charge in [0, 0.05) is 34.0 Å². The number of aromatic amines is 2. The third-order valence-electron chi connectivity index (χ3n) is 5.89. The number of nitrogens with zero attached hydrogens (tertiary/aromatic N) is 1. The number of nitrogens with one attached hydrogen (secondary N) is 3. The number of aromatic nitrogens is 3. The van der Waals surface area contributed by atoms with E-state index in [1.165, 1.54) is 6.42 Å². The van der Waals surface area contributed by atoms with Gasteiger partial charge in [0.25, 0.3) is 0 Å². The van der Waals surface area contributed by atoms with E-state index in [2.05, 4.69) is 26.6 Å². The fraction of sp³-hybridized carbons (Fsp3) is 0.304. The van der Waals surface area contributed by atoms with E-state index >= 15 is 0 Å². The van der Waals surface area contributed by atoms with Crippen molar-refractivity contribution in [3.8, 4) is 17.1 Å². The normalized spacial score (nSPS) is 15.1. The Morgan fingerprint density at radius 2 is 1.93 bits per heavy atom. The summed E-state index contributed by atoms with van der Waals surface area (Å²) in [7, 11) is 1.66. The molecule has 1 amide bonds. The number of ether oxygens (including phenoxy) is 1. The molecule has 148 valence electrons. The molecule has 6 heteroatoms. The van der Waals surface area contributed by atoms with Crippen molar-refractivity contribution in [2.45, 2.75) is 32.1 Å². The van der Waals surface area contributed by atoms with Crippen LogP contribution in [0.25, 0.3) is 33.2 Å². The molecule has 5 rings (SSSR count). The number of rotatable bonds is 4. The summed E-state index contributed by atoms with van der Waals surface area (Å²) in [6, 6.07) is 13.9. The molecule has 4 aromatic rings. The summed E-state index contributed by atoms with van der Waals surface area (Å²) in [4.78, 5) is 16.0. The Bertz CT molecular complexity index is 1180. The van der Waals surface area contributed by atoms with Gasteiger partial charge in [-0.25, -0.2) is 0 Å². The highest BCUT2D eigenvalue weighted by atomic mass is 16.5. The van der Waals surface area contributed by atoms with Crippen LogP contribution in [0, 0.1) is 5.92 Å². The average Bonchev–Trinajstić information content (AvgIpc) is 3.37. The predicted octanol–water partition coefficient (Wildman–Crippen LogP) is 5.24. The Labute approximate surface area is 168 Å². The van der Waals surface area contributed by atoms with Crippen molar-refractivity contribution in [2.75, 3.05) is 12.4 Å². The van der Waals surface area contributed by atoms with Gasteiger partial charge in [-0.2, -0.15) is 5.10 Å². The molecule has 2 aromatic heterocycles. The van der Waals surface area contributed by atoms with Crippen molar-refractivity contribution in [1.29, 1.82) is 0 Å². The van der Waals surface area contributed by atoms with E-state index in [9.17, 15) is 4.79 Å². The number of anilines is 1. The second-order valence-electron chi connectivity index (χ2n) is 7.79. The van der Waals surface area contributed by atoms with E-state index in [4.69, 9.17) is 4.74 Å². The molecule has 0 radical (unpaired) electrons. The van der Waals surface area contributed by atoms with Crippen LogP contribution < -0.4 is 10.1 Å². The van der Waals surface area contributed by atoms with E-state index in [-0.39, 0.29) is 11.8 Å². The zero-order valence-corrected chi connectivity index (χ0v) is 16.4. The minimum absolute atomic E-state index is 0.131.